The van der Waals surface area contributed by atoms with Crippen LogP contribution in [0.1, 0.15) is 37.8 Å². The van der Waals surface area contributed by atoms with Gasteiger partial charge in [-0.2, -0.15) is 8.42 Å². The molecule has 2 aliphatic heterocycles. The molecule has 0 saturated carbocycles. The maximum absolute atomic E-state index is 13.7. The summed E-state index contributed by atoms with van der Waals surface area (Å²) in [6.07, 6.45) is 1.33. The minimum absolute atomic E-state index is 0.136. The first-order valence-corrected chi connectivity index (χ1v) is 14.0. The van der Waals surface area contributed by atoms with E-state index in [2.05, 4.69) is 16.0 Å². The van der Waals surface area contributed by atoms with Crippen molar-refractivity contribution in [1.82, 2.24) is 16.0 Å². The third-order valence-corrected chi connectivity index (χ3v) is 7.23. The molecule has 0 spiro atoms. The van der Waals surface area contributed by atoms with Crippen LogP contribution in [0.15, 0.2) is 18.2 Å². The Morgan fingerprint density at radius 2 is 1.97 bits per heavy atom. The fraction of sp³-hybridized carbons (Fsp3) is 0.583. The molecule has 1 aromatic carbocycles. The molecule has 0 radical (unpaired) electrons. The topological polar surface area (TPSA) is 171 Å². The van der Waals surface area contributed by atoms with Crippen molar-refractivity contribution in [2.75, 3.05) is 30.7 Å². The number of nitrogens with one attached hydrogen (secondary N) is 3. The highest BCUT2D eigenvalue weighted by Gasteiger charge is 2.44. The lowest BCUT2D eigenvalue weighted by atomic mass is 9.97. The lowest BCUT2D eigenvalue weighted by Crippen LogP contribution is -2.58. The number of carbonyl (C=O) groups excluding carboxylic acids is 4. The van der Waals surface area contributed by atoms with Crippen LogP contribution >= 0.6 is 0 Å². The lowest BCUT2D eigenvalue weighted by Gasteiger charge is -2.29. The van der Waals surface area contributed by atoms with E-state index in [0.717, 1.165) is 11.1 Å². The summed E-state index contributed by atoms with van der Waals surface area (Å²) in [6.45, 7) is 2.19. The maximum atomic E-state index is 13.7. The number of rotatable bonds is 12. The van der Waals surface area contributed by atoms with E-state index in [0.29, 0.717) is 18.5 Å². The fourth-order valence-corrected chi connectivity index (χ4v) is 4.98. The zero-order valence-corrected chi connectivity index (χ0v) is 22.1. The standard InChI is InChI=1S/C24H33FN4O8S/c1-3-14(2)20(28-19(30)12-37-10-9-25)23(32)27-17-8-7-15-5-4-6-16-11-18(29(21(15)16)24(17)33)22(31)26-13-38(34,35)36/h4-6,14,17-18,20H,3,7-13H2,1-2H3,(H,26,31)(H,27,32)(H,28,30)(H,34,35,36)/t14-,17-,18-,20-/m0/s1. The quantitative estimate of drug-likeness (QED) is 0.203. The number of para-hydroxylation sites is 1. The van der Waals surface area contributed by atoms with Crippen molar-refractivity contribution in [3.05, 3.63) is 29.3 Å². The summed E-state index contributed by atoms with van der Waals surface area (Å²) in [5.74, 6) is -3.79. The van der Waals surface area contributed by atoms with Gasteiger partial charge in [0.2, 0.25) is 23.6 Å². The smallest absolute Gasteiger partial charge is 0.283 e. The molecule has 4 N–H and O–H groups in total. The van der Waals surface area contributed by atoms with E-state index in [9.17, 15) is 32.0 Å². The molecule has 0 saturated heterocycles. The van der Waals surface area contributed by atoms with Gasteiger partial charge in [0.05, 0.1) is 12.3 Å². The van der Waals surface area contributed by atoms with Crippen molar-refractivity contribution < 1.29 is 41.3 Å². The van der Waals surface area contributed by atoms with Crippen LogP contribution in [0.2, 0.25) is 0 Å². The van der Waals surface area contributed by atoms with Crippen LogP contribution in [0.25, 0.3) is 0 Å². The highest BCUT2D eigenvalue weighted by molar-refractivity contribution is 7.85. The van der Waals surface area contributed by atoms with Crippen molar-refractivity contribution in [2.24, 2.45) is 5.92 Å². The molecule has 1 aromatic rings. The number of halogens is 1. The van der Waals surface area contributed by atoms with Gasteiger partial charge in [-0.3, -0.25) is 28.6 Å². The van der Waals surface area contributed by atoms with Gasteiger partial charge >= 0.3 is 0 Å². The molecule has 2 heterocycles. The van der Waals surface area contributed by atoms with Crippen molar-refractivity contribution >= 4 is 39.4 Å². The van der Waals surface area contributed by atoms with E-state index in [-0.39, 0.29) is 25.4 Å². The molecule has 14 heteroatoms. The summed E-state index contributed by atoms with van der Waals surface area (Å²) in [5, 5.41) is 7.46. The molecule has 0 bridgehead atoms. The Bertz CT molecular complexity index is 1180. The number of ether oxygens (including phenoxy) is 1. The van der Waals surface area contributed by atoms with Crippen LogP contribution in [0.3, 0.4) is 0 Å². The lowest BCUT2D eigenvalue weighted by molar-refractivity contribution is -0.134. The van der Waals surface area contributed by atoms with Gasteiger partial charge in [0.1, 0.15) is 37.3 Å². The van der Waals surface area contributed by atoms with Gasteiger partial charge in [-0.25, -0.2) is 4.39 Å². The summed E-state index contributed by atoms with van der Waals surface area (Å²) in [4.78, 5) is 53.4. The monoisotopic (exact) mass is 556 g/mol. The van der Waals surface area contributed by atoms with Crippen LogP contribution < -0.4 is 20.9 Å². The average Bonchev–Trinajstić information content (AvgIpc) is 3.21. The second kappa shape index (κ2) is 12.6. The molecule has 4 amide bonds. The number of anilines is 1. The van der Waals surface area contributed by atoms with Crippen LogP contribution in [0, 0.1) is 5.92 Å². The van der Waals surface area contributed by atoms with Gasteiger partial charge in [0.15, 0.2) is 0 Å². The SMILES string of the molecule is CC[C@H](C)[C@H](NC(=O)COCCF)C(=O)N[C@H]1CCc2cccc3c2N(C1=O)[C@H](C(=O)NCS(=O)(=O)O)C3. The largest absolute Gasteiger partial charge is 0.369 e. The fourth-order valence-electron chi connectivity index (χ4n) is 4.65. The van der Waals surface area contributed by atoms with Crippen molar-refractivity contribution in [3.8, 4) is 0 Å². The van der Waals surface area contributed by atoms with Gasteiger partial charge in [-0.15, -0.1) is 0 Å². The van der Waals surface area contributed by atoms with Crippen molar-refractivity contribution in [2.45, 2.75) is 57.7 Å². The molecule has 4 atom stereocenters. The first kappa shape index (κ1) is 29.5. The van der Waals surface area contributed by atoms with Crippen molar-refractivity contribution in [1.29, 1.82) is 0 Å². The maximum Gasteiger partial charge on any atom is 0.283 e. The summed E-state index contributed by atoms with van der Waals surface area (Å²) < 4.78 is 48.4. The third kappa shape index (κ3) is 7.05. The predicted molar refractivity (Wildman–Crippen MR) is 134 cm³/mol. The normalized spacial score (nSPS) is 20.2. The Balaban J connectivity index is 1.81. The Morgan fingerprint density at radius 1 is 1.26 bits per heavy atom. The van der Waals surface area contributed by atoms with Crippen LogP contribution in [-0.2, 0) is 46.9 Å². The highest BCUT2D eigenvalue weighted by Crippen LogP contribution is 2.39. The van der Waals surface area contributed by atoms with E-state index in [1.807, 2.05) is 13.0 Å². The molecule has 2 aliphatic rings. The number of aryl methyl sites for hydroxylation is 1. The van der Waals surface area contributed by atoms with Crippen LogP contribution in [0.5, 0.6) is 0 Å². The van der Waals surface area contributed by atoms with E-state index in [4.69, 9.17) is 9.29 Å². The molecule has 12 nitrogen and oxygen atoms in total. The highest BCUT2D eigenvalue weighted by atomic mass is 32.2. The second-order valence-corrected chi connectivity index (χ2v) is 10.8. The van der Waals surface area contributed by atoms with E-state index >= 15 is 0 Å². The first-order valence-electron chi connectivity index (χ1n) is 12.4. The van der Waals surface area contributed by atoms with Crippen LogP contribution in [-0.4, -0.2) is 80.5 Å². The number of benzene rings is 1. The predicted octanol–water partition coefficient (Wildman–Crippen LogP) is -0.146. The summed E-state index contributed by atoms with van der Waals surface area (Å²) in [6, 6.07) is 2.31. The number of carbonyl (C=O) groups is 4. The molecular weight excluding hydrogens is 523 g/mol. The Morgan fingerprint density at radius 3 is 2.63 bits per heavy atom. The van der Waals surface area contributed by atoms with E-state index in [1.165, 1.54) is 4.90 Å². The van der Waals surface area contributed by atoms with Gasteiger partial charge in [0, 0.05) is 6.42 Å². The zero-order chi connectivity index (χ0) is 28.0. The Kier molecular flexibility index (Phi) is 9.79. The number of amides is 4. The average molecular weight is 557 g/mol. The number of hydrogen-bond donors (Lipinski definition) is 4. The third-order valence-electron chi connectivity index (χ3n) is 6.72. The zero-order valence-electron chi connectivity index (χ0n) is 21.2. The Labute approximate surface area is 220 Å². The van der Waals surface area contributed by atoms with E-state index in [1.54, 1.807) is 19.1 Å². The molecule has 0 fully saturated rings. The minimum Gasteiger partial charge on any atom is -0.369 e. The molecule has 0 aliphatic carbocycles. The molecule has 210 valence electrons. The van der Waals surface area contributed by atoms with Gasteiger partial charge in [0.25, 0.3) is 10.1 Å². The number of hydrogen-bond acceptors (Lipinski definition) is 7. The molecule has 0 aromatic heterocycles. The van der Waals surface area contributed by atoms with E-state index < -0.39 is 71.0 Å². The summed E-state index contributed by atoms with van der Waals surface area (Å²) in [7, 11) is -4.47. The summed E-state index contributed by atoms with van der Waals surface area (Å²) in [5.41, 5.74) is 2.08. The first-order chi connectivity index (χ1) is 18.0. The number of nitrogens with zero attached hydrogens (tertiary/aromatic N) is 1. The van der Waals surface area contributed by atoms with Gasteiger partial charge in [-0.1, -0.05) is 38.5 Å². The van der Waals surface area contributed by atoms with Gasteiger partial charge in [-0.05, 0) is 29.9 Å². The second-order valence-electron chi connectivity index (χ2n) is 9.39. The molecular formula is C24H33FN4O8S. The van der Waals surface area contributed by atoms with Gasteiger partial charge < -0.3 is 20.7 Å². The molecule has 0 unspecified atom stereocenters. The number of alkyl halides is 1. The van der Waals surface area contributed by atoms with Crippen molar-refractivity contribution in [3.63, 3.8) is 0 Å². The minimum atomic E-state index is -4.47. The summed E-state index contributed by atoms with van der Waals surface area (Å²) >= 11 is 0. The molecule has 3 rings (SSSR count). The Hall–Kier alpha value is -3.10. The van der Waals surface area contributed by atoms with Crippen LogP contribution in [0.4, 0.5) is 10.1 Å². The molecule has 38 heavy (non-hydrogen) atoms.